The third kappa shape index (κ3) is 3.64. The topological polar surface area (TPSA) is 55.6 Å². The molecule has 5 heteroatoms. The lowest BCUT2D eigenvalue weighted by Gasteiger charge is -2.38. The van der Waals surface area contributed by atoms with Crippen molar-refractivity contribution in [1.82, 2.24) is 4.90 Å². The number of piperidine rings is 1. The molecule has 0 spiro atoms. The van der Waals surface area contributed by atoms with Gasteiger partial charge in [0.25, 0.3) is 5.91 Å². The van der Waals surface area contributed by atoms with E-state index in [2.05, 4.69) is 0 Å². The monoisotopic (exact) mass is 296 g/mol. The van der Waals surface area contributed by atoms with E-state index in [9.17, 15) is 4.79 Å². The number of hydrogen-bond acceptors (Lipinski definition) is 3. The van der Waals surface area contributed by atoms with Gasteiger partial charge >= 0.3 is 0 Å². The Labute approximate surface area is 124 Å². The molecule has 110 valence electrons. The average molecular weight is 297 g/mol. The second kappa shape index (κ2) is 6.95. The van der Waals surface area contributed by atoms with Crippen molar-refractivity contribution in [2.45, 2.75) is 38.3 Å². The molecule has 2 N–H and O–H groups in total. The first kappa shape index (κ1) is 15.1. The Hall–Kier alpha value is -1.26. The first-order valence-electron chi connectivity index (χ1n) is 7.02. The number of ether oxygens (including phenoxy) is 1. The fourth-order valence-electron chi connectivity index (χ4n) is 2.60. The molecule has 1 fully saturated rings. The van der Waals surface area contributed by atoms with Crippen molar-refractivity contribution in [3.05, 3.63) is 29.3 Å². The van der Waals surface area contributed by atoms with E-state index in [1.165, 1.54) is 0 Å². The minimum atomic E-state index is -0.0214. The van der Waals surface area contributed by atoms with Gasteiger partial charge in [0.2, 0.25) is 0 Å². The van der Waals surface area contributed by atoms with Gasteiger partial charge in [0, 0.05) is 18.6 Å². The molecule has 0 radical (unpaired) electrons. The highest BCUT2D eigenvalue weighted by Gasteiger charge is 2.29. The number of rotatable bonds is 4. The van der Waals surface area contributed by atoms with Crippen molar-refractivity contribution in [3.8, 4) is 5.75 Å². The normalized spacial score (nSPS) is 20.6. The Kier molecular flexibility index (Phi) is 5.26. The minimum absolute atomic E-state index is 0.00690. The number of nitrogens with zero attached hydrogens (tertiary/aromatic N) is 1. The Bertz CT molecular complexity index is 465. The molecule has 2 atom stereocenters. The summed E-state index contributed by atoms with van der Waals surface area (Å²) in [5.41, 5.74) is 5.97. The van der Waals surface area contributed by atoms with E-state index in [0.717, 1.165) is 25.8 Å². The van der Waals surface area contributed by atoms with E-state index in [1.54, 1.807) is 12.1 Å². The average Bonchev–Trinajstić information content (AvgIpc) is 2.46. The number of hydrogen-bond donors (Lipinski definition) is 1. The number of carbonyl (C=O) groups is 1. The number of nitrogens with two attached hydrogens (primary N) is 1. The maximum absolute atomic E-state index is 12.3. The predicted molar refractivity (Wildman–Crippen MR) is 79.9 cm³/mol. The van der Waals surface area contributed by atoms with Gasteiger partial charge in [-0.2, -0.15) is 0 Å². The molecule has 20 heavy (non-hydrogen) atoms. The SMILES string of the molecule is CC(N)C1CCCCN1C(=O)COc1ccccc1Cl. The van der Waals surface area contributed by atoms with Crippen molar-refractivity contribution in [2.75, 3.05) is 13.2 Å². The summed E-state index contributed by atoms with van der Waals surface area (Å²) in [6.07, 6.45) is 3.12. The van der Waals surface area contributed by atoms with Gasteiger partial charge in [0.1, 0.15) is 5.75 Å². The van der Waals surface area contributed by atoms with Crippen molar-refractivity contribution in [1.29, 1.82) is 0 Å². The summed E-state index contributed by atoms with van der Waals surface area (Å²) in [5, 5.41) is 0.516. The third-order valence-corrected chi connectivity index (χ3v) is 3.98. The van der Waals surface area contributed by atoms with Crippen LogP contribution in [0.2, 0.25) is 5.02 Å². The van der Waals surface area contributed by atoms with Crippen molar-refractivity contribution < 1.29 is 9.53 Å². The first-order chi connectivity index (χ1) is 9.59. The standard InChI is InChI=1S/C15H21ClN2O2/c1-11(17)13-7-4-5-9-18(13)15(19)10-20-14-8-3-2-6-12(14)16/h2-3,6,8,11,13H,4-5,7,9-10,17H2,1H3. The highest BCUT2D eigenvalue weighted by atomic mass is 35.5. The van der Waals surface area contributed by atoms with Crippen LogP contribution in [0, 0.1) is 0 Å². The molecular weight excluding hydrogens is 276 g/mol. The van der Waals surface area contributed by atoms with Crippen LogP contribution in [0.5, 0.6) is 5.75 Å². The number of carbonyl (C=O) groups excluding carboxylic acids is 1. The molecule has 1 heterocycles. The molecule has 1 aromatic carbocycles. The quantitative estimate of drug-likeness (QED) is 0.928. The van der Waals surface area contributed by atoms with E-state index < -0.39 is 0 Å². The summed E-state index contributed by atoms with van der Waals surface area (Å²) >= 11 is 6.00. The molecule has 1 amide bonds. The summed E-state index contributed by atoms with van der Waals surface area (Å²) in [6, 6.07) is 7.26. The van der Waals surface area contributed by atoms with Gasteiger partial charge in [-0.05, 0) is 38.3 Å². The van der Waals surface area contributed by atoms with E-state index in [4.69, 9.17) is 22.1 Å². The molecule has 2 rings (SSSR count). The van der Waals surface area contributed by atoms with Crippen LogP contribution in [0.1, 0.15) is 26.2 Å². The van der Waals surface area contributed by atoms with Crippen molar-refractivity contribution >= 4 is 17.5 Å². The molecule has 0 saturated carbocycles. The van der Waals surface area contributed by atoms with Crippen LogP contribution in [-0.4, -0.2) is 36.0 Å². The summed E-state index contributed by atoms with van der Waals surface area (Å²) in [6.45, 7) is 2.72. The van der Waals surface area contributed by atoms with E-state index in [-0.39, 0.29) is 24.6 Å². The number of halogens is 1. The van der Waals surface area contributed by atoms with Gasteiger partial charge in [-0.3, -0.25) is 4.79 Å². The highest BCUT2D eigenvalue weighted by molar-refractivity contribution is 6.32. The summed E-state index contributed by atoms with van der Waals surface area (Å²) in [4.78, 5) is 14.2. The fraction of sp³-hybridized carbons (Fsp3) is 0.533. The smallest absolute Gasteiger partial charge is 0.260 e. The van der Waals surface area contributed by atoms with Gasteiger partial charge in [-0.15, -0.1) is 0 Å². The molecule has 0 bridgehead atoms. The number of para-hydroxylation sites is 1. The van der Waals surface area contributed by atoms with E-state index >= 15 is 0 Å². The second-order valence-electron chi connectivity index (χ2n) is 5.23. The summed E-state index contributed by atoms with van der Waals surface area (Å²) < 4.78 is 5.52. The molecule has 2 unspecified atom stereocenters. The zero-order valence-electron chi connectivity index (χ0n) is 11.7. The van der Waals surface area contributed by atoms with Crippen molar-refractivity contribution in [3.63, 3.8) is 0 Å². The Morgan fingerprint density at radius 1 is 1.50 bits per heavy atom. The fourth-order valence-corrected chi connectivity index (χ4v) is 2.79. The summed E-state index contributed by atoms with van der Waals surface area (Å²) in [5.74, 6) is 0.517. The van der Waals surface area contributed by atoms with Gasteiger partial charge in [-0.1, -0.05) is 23.7 Å². The van der Waals surface area contributed by atoms with Crippen LogP contribution in [0.3, 0.4) is 0 Å². The lowest BCUT2D eigenvalue weighted by atomic mass is 9.97. The molecular formula is C15H21ClN2O2. The van der Waals surface area contributed by atoms with Gasteiger partial charge < -0.3 is 15.4 Å². The van der Waals surface area contributed by atoms with Crippen molar-refractivity contribution in [2.24, 2.45) is 5.73 Å². The number of likely N-dealkylation sites (tertiary alicyclic amines) is 1. The maximum atomic E-state index is 12.3. The van der Waals surface area contributed by atoms with E-state index in [1.807, 2.05) is 24.0 Å². The third-order valence-electron chi connectivity index (χ3n) is 3.66. The second-order valence-corrected chi connectivity index (χ2v) is 5.64. The van der Waals surface area contributed by atoms with Crippen LogP contribution in [0.25, 0.3) is 0 Å². The lowest BCUT2D eigenvalue weighted by molar-refractivity contribution is -0.137. The first-order valence-corrected chi connectivity index (χ1v) is 7.40. The number of amides is 1. The molecule has 0 aromatic heterocycles. The Balaban J connectivity index is 1.95. The molecule has 1 aromatic rings. The summed E-state index contributed by atoms with van der Waals surface area (Å²) in [7, 11) is 0. The molecule has 1 aliphatic rings. The van der Waals surface area contributed by atoms with Crippen LogP contribution < -0.4 is 10.5 Å². The molecule has 4 nitrogen and oxygen atoms in total. The van der Waals surface area contributed by atoms with Gasteiger partial charge in [0.15, 0.2) is 6.61 Å². The molecule has 0 aliphatic carbocycles. The predicted octanol–water partition coefficient (Wildman–Crippen LogP) is 2.45. The number of benzene rings is 1. The van der Waals surface area contributed by atoms with Crippen LogP contribution >= 0.6 is 11.6 Å². The zero-order chi connectivity index (χ0) is 14.5. The van der Waals surface area contributed by atoms with Gasteiger partial charge in [0.05, 0.1) is 5.02 Å². The van der Waals surface area contributed by atoms with Crippen LogP contribution in [0.4, 0.5) is 0 Å². The van der Waals surface area contributed by atoms with Crippen LogP contribution in [-0.2, 0) is 4.79 Å². The zero-order valence-corrected chi connectivity index (χ0v) is 12.5. The maximum Gasteiger partial charge on any atom is 0.260 e. The Morgan fingerprint density at radius 2 is 2.25 bits per heavy atom. The molecule has 1 saturated heterocycles. The lowest BCUT2D eigenvalue weighted by Crippen LogP contribution is -2.52. The van der Waals surface area contributed by atoms with Crippen LogP contribution in [0.15, 0.2) is 24.3 Å². The minimum Gasteiger partial charge on any atom is -0.482 e. The molecule has 1 aliphatic heterocycles. The van der Waals surface area contributed by atoms with Gasteiger partial charge in [-0.25, -0.2) is 0 Å². The Morgan fingerprint density at radius 3 is 2.95 bits per heavy atom. The largest absolute Gasteiger partial charge is 0.482 e. The van der Waals surface area contributed by atoms with E-state index in [0.29, 0.717) is 10.8 Å². The highest BCUT2D eigenvalue weighted by Crippen LogP contribution is 2.24.